The summed E-state index contributed by atoms with van der Waals surface area (Å²) >= 11 is 5.25. The molecule has 0 spiro atoms. The lowest BCUT2D eigenvalue weighted by Crippen LogP contribution is -2.23. The van der Waals surface area contributed by atoms with Gasteiger partial charge in [-0.1, -0.05) is 18.2 Å². The van der Waals surface area contributed by atoms with Crippen LogP contribution in [0.25, 0.3) is 0 Å². The maximum atomic E-state index is 5.75. The number of aryl methyl sites for hydroxylation is 1. The largest absolute Gasteiger partial charge is 0.376 e. The van der Waals surface area contributed by atoms with Gasteiger partial charge in [-0.3, -0.25) is 5.43 Å². The van der Waals surface area contributed by atoms with Crippen LogP contribution in [0.3, 0.4) is 0 Å². The molecule has 1 aliphatic heterocycles. The molecule has 0 saturated carbocycles. The first kappa shape index (κ1) is 17.6. The Morgan fingerprint density at radius 1 is 1.36 bits per heavy atom. The first-order chi connectivity index (χ1) is 12.1. The molecule has 1 saturated heterocycles. The Hall–Kier alpha value is -2.18. The van der Waals surface area contributed by atoms with Gasteiger partial charge in [-0.2, -0.15) is 5.10 Å². The van der Waals surface area contributed by atoms with Gasteiger partial charge in [0.1, 0.15) is 0 Å². The topological polar surface area (TPSA) is 50.6 Å². The summed E-state index contributed by atoms with van der Waals surface area (Å²) in [6.45, 7) is 6.03. The van der Waals surface area contributed by atoms with Crippen molar-refractivity contribution in [2.45, 2.75) is 39.3 Å². The van der Waals surface area contributed by atoms with Crippen molar-refractivity contribution in [3.8, 4) is 0 Å². The van der Waals surface area contributed by atoms with E-state index in [-0.39, 0.29) is 0 Å². The van der Waals surface area contributed by atoms with Crippen LogP contribution < -0.4 is 10.7 Å². The van der Waals surface area contributed by atoms with Crippen LogP contribution in [0.2, 0.25) is 0 Å². The van der Waals surface area contributed by atoms with Crippen molar-refractivity contribution in [3.05, 3.63) is 53.3 Å². The van der Waals surface area contributed by atoms with Gasteiger partial charge >= 0.3 is 0 Å². The summed E-state index contributed by atoms with van der Waals surface area (Å²) in [6.07, 6.45) is 4.44. The van der Waals surface area contributed by atoms with E-state index < -0.39 is 0 Å². The minimum absolute atomic E-state index is 0.329. The zero-order chi connectivity index (χ0) is 17.6. The Balaban J connectivity index is 1.58. The number of rotatable bonds is 5. The van der Waals surface area contributed by atoms with Crippen molar-refractivity contribution in [2.75, 3.05) is 11.9 Å². The number of nitrogens with zero attached hydrogens (tertiary/aromatic N) is 2. The monoisotopic (exact) mass is 356 g/mol. The van der Waals surface area contributed by atoms with Gasteiger partial charge in [0, 0.05) is 35.8 Å². The number of hydrazone groups is 1. The van der Waals surface area contributed by atoms with Gasteiger partial charge in [0.25, 0.3) is 0 Å². The summed E-state index contributed by atoms with van der Waals surface area (Å²) in [5.74, 6) is 0. The van der Waals surface area contributed by atoms with E-state index in [1.807, 2.05) is 36.5 Å². The van der Waals surface area contributed by atoms with E-state index in [0.717, 1.165) is 37.2 Å². The number of ether oxygens (including phenoxy) is 1. The molecule has 1 aromatic heterocycles. The summed E-state index contributed by atoms with van der Waals surface area (Å²) < 4.78 is 8.06. The highest BCUT2D eigenvalue weighted by atomic mass is 32.1. The van der Waals surface area contributed by atoms with Crippen molar-refractivity contribution in [1.82, 2.24) is 9.99 Å². The lowest BCUT2D eigenvalue weighted by Gasteiger charge is -2.14. The van der Waals surface area contributed by atoms with E-state index in [1.165, 1.54) is 11.4 Å². The maximum absolute atomic E-state index is 5.75. The van der Waals surface area contributed by atoms with E-state index >= 15 is 0 Å². The highest BCUT2D eigenvalue weighted by Crippen LogP contribution is 2.19. The highest BCUT2D eigenvalue weighted by molar-refractivity contribution is 7.80. The lowest BCUT2D eigenvalue weighted by atomic mass is 10.2. The van der Waals surface area contributed by atoms with Gasteiger partial charge in [-0.15, -0.1) is 0 Å². The molecular weight excluding hydrogens is 332 g/mol. The summed E-state index contributed by atoms with van der Waals surface area (Å²) in [4.78, 5) is 0. The number of thiocarbonyl (C=S) groups is 1. The SMILES string of the molecule is Cc1cc(/C=N\NC(=S)Nc2ccccc2)c(C)n1C[C@@H]1CCCO1. The number of nitrogens with one attached hydrogen (secondary N) is 2. The Kier molecular flexibility index (Phi) is 5.83. The van der Waals surface area contributed by atoms with Crippen molar-refractivity contribution < 1.29 is 4.74 Å². The van der Waals surface area contributed by atoms with E-state index in [4.69, 9.17) is 17.0 Å². The van der Waals surface area contributed by atoms with Crippen LogP contribution in [0, 0.1) is 13.8 Å². The van der Waals surface area contributed by atoms with Crippen LogP contribution >= 0.6 is 12.2 Å². The Morgan fingerprint density at radius 2 is 2.16 bits per heavy atom. The Morgan fingerprint density at radius 3 is 2.88 bits per heavy atom. The molecule has 0 radical (unpaired) electrons. The van der Waals surface area contributed by atoms with Crippen molar-refractivity contribution in [1.29, 1.82) is 0 Å². The summed E-state index contributed by atoms with van der Waals surface area (Å²) in [6, 6.07) is 11.9. The molecule has 3 rings (SSSR count). The third kappa shape index (κ3) is 4.67. The fourth-order valence-electron chi connectivity index (χ4n) is 3.07. The number of para-hydroxylation sites is 1. The predicted octanol–water partition coefficient (Wildman–Crippen LogP) is 3.60. The van der Waals surface area contributed by atoms with E-state index in [2.05, 4.69) is 40.3 Å². The van der Waals surface area contributed by atoms with E-state index in [1.54, 1.807) is 0 Å². The molecule has 2 heterocycles. The van der Waals surface area contributed by atoms with Crippen molar-refractivity contribution in [2.24, 2.45) is 5.10 Å². The molecule has 0 bridgehead atoms. The molecule has 0 unspecified atom stereocenters. The quantitative estimate of drug-likeness (QED) is 0.488. The Bertz CT molecular complexity index is 748. The van der Waals surface area contributed by atoms with Gasteiger partial charge in [0.2, 0.25) is 0 Å². The molecule has 1 aliphatic rings. The number of anilines is 1. The van der Waals surface area contributed by atoms with Crippen LogP contribution in [0.1, 0.15) is 29.8 Å². The van der Waals surface area contributed by atoms with Gasteiger partial charge < -0.3 is 14.6 Å². The number of benzene rings is 1. The van der Waals surface area contributed by atoms with Crippen LogP contribution in [-0.2, 0) is 11.3 Å². The minimum atomic E-state index is 0.329. The molecule has 1 atom stereocenters. The molecule has 1 fully saturated rings. The Labute approximate surface area is 154 Å². The average Bonchev–Trinajstić information content (AvgIpc) is 3.20. The second kappa shape index (κ2) is 8.27. The lowest BCUT2D eigenvalue weighted by molar-refractivity contribution is 0.0962. The maximum Gasteiger partial charge on any atom is 0.191 e. The van der Waals surface area contributed by atoms with Gasteiger partial charge in [0.15, 0.2) is 5.11 Å². The normalized spacial score (nSPS) is 17.1. The molecule has 0 aliphatic carbocycles. The second-order valence-corrected chi connectivity index (χ2v) is 6.67. The van der Waals surface area contributed by atoms with Gasteiger partial charge in [-0.05, 0) is 57.1 Å². The zero-order valence-corrected chi connectivity index (χ0v) is 15.5. The standard InChI is InChI=1S/C19H24N4OS/c1-14-11-16(15(2)23(14)13-18-9-6-10-24-18)12-20-22-19(25)21-17-7-4-3-5-8-17/h3-5,7-8,11-12,18H,6,9-10,13H2,1-2H3,(H2,21,22,25)/b20-12-/t18-/m0/s1. The molecule has 1 aromatic carbocycles. The highest BCUT2D eigenvalue weighted by Gasteiger charge is 2.18. The van der Waals surface area contributed by atoms with Crippen LogP contribution in [0.4, 0.5) is 5.69 Å². The molecule has 25 heavy (non-hydrogen) atoms. The summed E-state index contributed by atoms with van der Waals surface area (Å²) in [5, 5.41) is 7.82. The average molecular weight is 356 g/mol. The first-order valence-corrected chi connectivity index (χ1v) is 8.98. The summed E-state index contributed by atoms with van der Waals surface area (Å²) in [5.41, 5.74) is 7.30. The zero-order valence-electron chi connectivity index (χ0n) is 14.7. The predicted molar refractivity (Wildman–Crippen MR) is 106 cm³/mol. The molecule has 0 amide bonds. The van der Waals surface area contributed by atoms with E-state index in [0.29, 0.717) is 11.2 Å². The van der Waals surface area contributed by atoms with E-state index in [9.17, 15) is 0 Å². The number of aromatic nitrogens is 1. The third-order valence-electron chi connectivity index (χ3n) is 4.42. The first-order valence-electron chi connectivity index (χ1n) is 8.57. The van der Waals surface area contributed by atoms with Crippen LogP contribution in [0.5, 0.6) is 0 Å². The molecule has 132 valence electrons. The second-order valence-electron chi connectivity index (χ2n) is 6.26. The summed E-state index contributed by atoms with van der Waals surface area (Å²) in [7, 11) is 0. The molecule has 6 heteroatoms. The number of hydrogen-bond donors (Lipinski definition) is 2. The smallest absolute Gasteiger partial charge is 0.191 e. The van der Waals surface area contributed by atoms with Gasteiger partial charge in [0.05, 0.1) is 12.3 Å². The molecular formula is C19H24N4OS. The fourth-order valence-corrected chi connectivity index (χ4v) is 3.24. The van der Waals surface area contributed by atoms with Gasteiger partial charge in [-0.25, -0.2) is 0 Å². The molecule has 5 nitrogen and oxygen atoms in total. The minimum Gasteiger partial charge on any atom is -0.376 e. The molecule has 2 N–H and O–H groups in total. The third-order valence-corrected chi connectivity index (χ3v) is 4.62. The van der Waals surface area contributed by atoms with Crippen LogP contribution in [0.15, 0.2) is 41.5 Å². The number of hydrogen-bond acceptors (Lipinski definition) is 3. The van der Waals surface area contributed by atoms with Crippen molar-refractivity contribution >= 4 is 29.2 Å². The van der Waals surface area contributed by atoms with Crippen molar-refractivity contribution in [3.63, 3.8) is 0 Å². The molecule has 2 aromatic rings. The fraction of sp³-hybridized carbons (Fsp3) is 0.368. The van der Waals surface area contributed by atoms with Crippen LogP contribution in [-0.4, -0.2) is 28.6 Å².